The van der Waals surface area contributed by atoms with Crippen LogP contribution in [0, 0.1) is 5.92 Å². The lowest BCUT2D eigenvalue weighted by molar-refractivity contribution is -0.00377. The van der Waals surface area contributed by atoms with Gasteiger partial charge in [-0.15, -0.1) is 0 Å². The average molecular weight is 218 g/mol. The molecule has 1 aliphatic carbocycles. The lowest BCUT2D eigenvalue weighted by Gasteiger charge is -2.36. The van der Waals surface area contributed by atoms with E-state index < -0.39 is 5.60 Å². The van der Waals surface area contributed by atoms with Gasteiger partial charge in [-0.2, -0.15) is 0 Å². The highest BCUT2D eigenvalue weighted by atomic mass is 16.3. The summed E-state index contributed by atoms with van der Waals surface area (Å²) in [4.78, 5) is 0. The average Bonchev–Trinajstić information content (AvgIpc) is 2.29. The van der Waals surface area contributed by atoms with Crippen LogP contribution in [0.5, 0.6) is 0 Å². The fourth-order valence-corrected chi connectivity index (χ4v) is 2.83. The van der Waals surface area contributed by atoms with Crippen molar-refractivity contribution in [1.82, 2.24) is 0 Å². The number of fused-ring (bicyclic) bond motifs is 1. The first-order chi connectivity index (χ1) is 7.65. The quantitative estimate of drug-likeness (QED) is 0.821. The van der Waals surface area contributed by atoms with E-state index in [1.807, 2.05) is 6.07 Å². The molecule has 2 unspecified atom stereocenters. The molecular weight excluding hydrogens is 196 g/mol. The Labute approximate surface area is 98.5 Å². The van der Waals surface area contributed by atoms with E-state index in [0.29, 0.717) is 5.92 Å². The summed E-state index contributed by atoms with van der Waals surface area (Å²) >= 11 is 0. The van der Waals surface area contributed by atoms with Crippen LogP contribution in [0.4, 0.5) is 0 Å². The molecule has 0 bridgehead atoms. The number of hydrogen-bond donors (Lipinski definition) is 1. The van der Waals surface area contributed by atoms with Crippen molar-refractivity contribution in [2.45, 2.75) is 51.6 Å². The number of aliphatic hydroxyl groups is 1. The summed E-state index contributed by atoms with van der Waals surface area (Å²) in [5, 5.41) is 10.8. The maximum atomic E-state index is 10.8. The third kappa shape index (κ3) is 2.15. The normalized spacial score (nSPS) is 26.2. The third-order valence-corrected chi connectivity index (χ3v) is 3.94. The van der Waals surface area contributed by atoms with Crippen molar-refractivity contribution in [2.75, 3.05) is 0 Å². The Morgan fingerprint density at radius 1 is 1.38 bits per heavy atom. The van der Waals surface area contributed by atoms with E-state index in [4.69, 9.17) is 0 Å². The highest BCUT2D eigenvalue weighted by Crippen LogP contribution is 2.40. The molecule has 0 aromatic heterocycles. The van der Waals surface area contributed by atoms with Gasteiger partial charge in [-0.1, -0.05) is 44.5 Å². The van der Waals surface area contributed by atoms with Gasteiger partial charge in [-0.25, -0.2) is 0 Å². The van der Waals surface area contributed by atoms with Crippen LogP contribution in [-0.2, 0) is 12.0 Å². The first-order valence-corrected chi connectivity index (χ1v) is 6.46. The van der Waals surface area contributed by atoms with Crippen LogP contribution in [0.1, 0.15) is 50.7 Å². The molecule has 0 heterocycles. The fourth-order valence-electron chi connectivity index (χ4n) is 2.83. The number of benzene rings is 1. The molecule has 2 atom stereocenters. The lowest BCUT2D eigenvalue weighted by Crippen LogP contribution is -2.32. The minimum atomic E-state index is -0.565. The number of aryl methyl sites for hydroxylation is 1. The molecule has 2 rings (SSSR count). The molecule has 0 saturated carbocycles. The van der Waals surface area contributed by atoms with Crippen LogP contribution in [0.3, 0.4) is 0 Å². The molecular formula is C15H22O. The van der Waals surface area contributed by atoms with Crippen LogP contribution in [-0.4, -0.2) is 5.11 Å². The standard InChI is InChI=1S/C15H22O/c1-3-12(2)11-15(16)10-6-8-13-7-4-5-9-14(13)15/h4-5,7,9,12,16H,3,6,8,10-11H2,1-2H3. The Morgan fingerprint density at radius 3 is 2.88 bits per heavy atom. The van der Waals surface area contributed by atoms with E-state index in [1.165, 1.54) is 11.1 Å². The van der Waals surface area contributed by atoms with Gasteiger partial charge >= 0.3 is 0 Å². The maximum absolute atomic E-state index is 10.8. The summed E-state index contributed by atoms with van der Waals surface area (Å²) in [6, 6.07) is 8.40. The molecule has 0 aliphatic heterocycles. The second-order valence-electron chi connectivity index (χ2n) is 5.26. The Morgan fingerprint density at radius 2 is 2.12 bits per heavy atom. The van der Waals surface area contributed by atoms with E-state index in [0.717, 1.165) is 32.1 Å². The topological polar surface area (TPSA) is 20.2 Å². The summed E-state index contributed by atoms with van der Waals surface area (Å²) in [6.07, 6.45) is 5.21. The molecule has 0 fully saturated rings. The molecule has 0 spiro atoms. The molecule has 0 radical (unpaired) electrons. The predicted molar refractivity (Wildman–Crippen MR) is 67.3 cm³/mol. The second-order valence-corrected chi connectivity index (χ2v) is 5.26. The molecule has 0 amide bonds. The van der Waals surface area contributed by atoms with Gasteiger partial charge in [0, 0.05) is 0 Å². The molecule has 1 aromatic carbocycles. The van der Waals surface area contributed by atoms with Gasteiger partial charge in [0.05, 0.1) is 5.60 Å². The van der Waals surface area contributed by atoms with Crippen molar-refractivity contribution >= 4 is 0 Å². The van der Waals surface area contributed by atoms with Gasteiger partial charge in [0.2, 0.25) is 0 Å². The highest BCUT2D eigenvalue weighted by molar-refractivity contribution is 5.34. The summed E-state index contributed by atoms with van der Waals surface area (Å²) in [7, 11) is 0. The van der Waals surface area contributed by atoms with Gasteiger partial charge in [-0.05, 0) is 42.7 Å². The first-order valence-electron chi connectivity index (χ1n) is 6.46. The molecule has 1 nitrogen and oxygen atoms in total. The number of rotatable bonds is 3. The lowest BCUT2D eigenvalue weighted by atomic mass is 9.74. The monoisotopic (exact) mass is 218 g/mol. The van der Waals surface area contributed by atoms with Crippen LogP contribution in [0.25, 0.3) is 0 Å². The summed E-state index contributed by atoms with van der Waals surface area (Å²) in [5.41, 5.74) is 1.96. The van der Waals surface area contributed by atoms with Crippen molar-refractivity contribution in [3.63, 3.8) is 0 Å². The Hall–Kier alpha value is -0.820. The van der Waals surface area contributed by atoms with Crippen molar-refractivity contribution in [2.24, 2.45) is 5.92 Å². The summed E-state index contributed by atoms with van der Waals surface area (Å²) < 4.78 is 0. The molecule has 16 heavy (non-hydrogen) atoms. The number of hydrogen-bond acceptors (Lipinski definition) is 1. The second kappa shape index (κ2) is 4.58. The predicted octanol–water partition coefficient (Wildman–Crippen LogP) is 3.65. The molecule has 1 aromatic rings. The zero-order valence-electron chi connectivity index (χ0n) is 10.4. The van der Waals surface area contributed by atoms with Crippen LogP contribution in [0.2, 0.25) is 0 Å². The van der Waals surface area contributed by atoms with Crippen LogP contribution >= 0.6 is 0 Å². The zero-order chi connectivity index (χ0) is 11.6. The SMILES string of the molecule is CCC(C)CC1(O)CCCc2ccccc21. The maximum Gasteiger partial charge on any atom is 0.0901 e. The minimum absolute atomic E-state index is 0.565. The van der Waals surface area contributed by atoms with E-state index >= 15 is 0 Å². The smallest absolute Gasteiger partial charge is 0.0901 e. The molecule has 0 saturated heterocycles. The largest absolute Gasteiger partial charge is 0.385 e. The molecule has 1 N–H and O–H groups in total. The van der Waals surface area contributed by atoms with Crippen molar-refractivity contribution < 1.29 is 5.11 Å². The third-order valence-electron chi connectivity index (χ3n) is 3.94. The van der Waals surface area contributed by atoms with E-state index in [1.54, 1.807) is 0 Å². The first kappa shape index (κ1) is 11.7. The van der Waals surface area contributed by atoms with Gasteiger partial charge in [0.25, 0.3) is 0 Å². The van der Waals surface area contributed by atoms with Crippen molar-refractivity contribution in [3.05, 3.63) is 35.4 Å². The molecule has 1 aliphatic rings. The fraction of sp³-hybridized carbons (Fsp3) is 0.600. The molecule has 1 heteroatoms. The highest BCUT2D eigenvalue weighted by Gasteiger charge is 2.34. The van der Waals surface area contributed by atoms with Gasteiger partial charge in [0.15, 0.2) is 0 Å². The molecule has 88 valence electrons. The summed E-state index contributed by atoms with van der Waals surface area (Å²) in [6.45, 7) is 4.43. The van der Waals surface area contributed by atoms with Crippen LogP contribution in [0.15, 0.2) is 24.3 Å². The van der Waals surface area contributed by atoms with Crippen molar-refractivity contribution in [3.8, 4) is 0 Å². The Balaban J connectivity index is 2.29. The zero-order valence-corrected chi connectivity index (χ0v) is 10.4. The van der Waals surface area contributed by atoms with Crippen molar-refractivity contribution in [1.29, 1.82) is 0 Å². The van der Waals surface area contributed by atoms with Crippen LogP contribution < -0.4 is 0 Å². The van der Waals surface area contributed by atoms with E-state index in [-0.39, 0.29) is 0 Å². The summed E-state index contributed by atoms with van der Waals surface area (Å²) in [5.74, 6) is 0.594. The van der Waals surface area contributed by atoms with E-state index in [2.05, 4.69) is 32.0 Å². The van der Waals surface area contributed by atoms with Gasteiger partial charge in [0.1, 0.15) is 0 Å². The Kier molecular flexibility index (Phi) is 3.34. The van der Waals surface area contributed by atoms with Gasteiger partial charge < -0.3 is 5.11 Å². The van der Waals surface area contributed by atoms with E-state index in [9.17, 15) is 5.11 Å². The Bertz CT molecular complexity index is 358. The minimum Gasteiger partial charge on any atom is -0.385 e. The van der Waals surface area contributed by atoms with Gasteiger partial charge in [-0.3, -0.25) is 0 Å².